The van der Waals surface area contributed by atoms with E-state index in [0.29, 0.717) is 6.54 Å². The molecule has 1 heterocycles. The highest BCUT2D eigenvalue weighted by Crippen LogP contribution is 1.94. The van der Waals surface area contributed by atoms with Gasteiger partial charge in [0.2, 0.25) is 0 Å². The number of nitrogens with zero attached hydrogens (tertiary/aromatic N) is 3. The monoisotopic (exact) mass is 150 g/mol. The van der Waals surface area contributed by atoms with Gasteiger partial charge in [0.15, 0.2) is 0 Å². The predicted molar refractivity (Wildman–Crippen MR) is 40.7 cm³/mol. The lowest BCUT2D eigenvalue weighted by atomic mass is 10.3. The number of rotatable bonds is 4. The fraction of sp³-hybridized carbons (Fsp3) is 0.286. The average Bonchev–Trinajstić information content (AvgIpc) is 2.07. The van der Waals surface area contributed by atoms with E-state index in [4.69, 9.17) is 0 Å². The molecule has 0 aromatic carbocycles. The lowest BCUT2D eigenvalue weighted by Crippen LogP contribution is -2.03. The third-order valence-corrected chi connectivity index (χ3v) is 1.17. The Morgan fingerprint density at radius 1 is 1.55 bits per heavy atom. The number of hydrogen-bond donors (Lipinski definition) is 0. The van der Waals surface area contributed by atoms with Crippen molar-refractivity contribution in [3.8, 4) is 0 Å². The van der Waals surface area contributed by atoms with Crippen LogP contribution in [0.25, 0.3) is 0 Å². The van der Waals surface area contributed by atoms with Crippen LogP contribution in [0.4, 0.5) is 0 Å². The molecule has 11 heavy (non-hydrogen) atoms. The standard InChI is InChI=1S/C7H8N3O/c11-10-6-9-5-7-2-1-3-8-4-7/h1-4H,5-6H2. The van der Waals surface area contributed by atoms with Crippen LogP contribution in [-0.2, 0) is 6.54 Å². The van der Waals surface area contributed by atoms with E-state index in [2.05, 4.69) is 15.5 Å². The van der Waals surface area contributed by atoms with E-state index >= 15 is 0 Å². The highest BCUT2D eigenvalue weighted by molar-refractivity contribution is 5.07. The van der Waals surface area contributed by atoms with Crippen molar-refractivity contribution in [1.29, 1.82) is 0 Å². The van der Waals surface area contributed by atoms with Crippen molar-refractivity contribution in [3.05, 3.63) is 35.0 Å². The second kappa shape index (κ2) is 4.51. The zero-order valence-electron chi connectivity index (χ0n) is 5.97. The molecule has 1 rings (SSSR count). The van der Waals surface area contributed by atoms with Crippen LogP contribution in [0, 0.1) is 4.91 Å². The Kier molecular flexibility index (Phi) is 3.21. The summed E-state index contributed by atoms with van der Waals surface area (Å²) in [6.07, 6.45) is 3.41. The number of nitroso groups, excluding NO2 is 1. The van der Waals surface area contributed by atoms with Gasteiger partial charge in [-0.1, -0.05) is 11.2 Å². The molecule has 0 aliphatic heterocycles. The summed E-state index contributed by atoms with van der Waals surface area (Å²) in [6.45, 7) is 0.536. The SMILES string of the molecule is O=NC[N]Cc1cccnc1. The molecule has 0 spiro atoms. The number of aromatic nitrogens is 1. The third kappa shape index (κ3) is 2.86. The van der Waals surface area contributed by atoms with Gasteiger partial charge >= 0.3 is 0 Å². The first-order valence-electron chi connectivity index (χ1n) is 3.25. The largest absolute Gasteiger partial charge is 0.264 e. The molecule has 0 saturated heterocycles. The lowest BCUT2D eigenvalue weighted by molar-refractivity contribution is 0.689. The molecule has 1 aromatic heterocycles. The molecule has 0 saturated carbocycles. The lowest BCUT2D eigenvalue weighted by Gasteiger charge is -1.95. The molecule has 4 heteroatoms. The summed E-state index contributed by atoms with van der Waals surface area (Å²) >= 11 is 0. The molecule has 1 radical (unpaired) electrons. The molecule has 4 nitrogen and oxygen atoms in total. The zero-order chi connectivity index (χ0) is 7.94. The molecular weight excluding hydrogens is 142 g/mol. The topological polar surface area (TPSA) is 56.4 Å². The van der Waals surface area contributed by atoms with Gasteiger partial charge in [0.1, 0.15) is 6.67 Å². The highest BCUT2D eigenvalue weighted by Gasteiger charge is 1.90. The van der Waals surface area contributed by atoms with Crippen molar-refractivity contribution in [3.63, 3.8) is 0 Å². The molecule has 0 atom stereocenters. The van der Waals surface area contributed by atoms with Crippen molar-refractivity contribution < 1.29 is 0 Å². The van der Waals surface area contributed by atoms with Crippen LogP contribution >= 0.6 is 0 Å². The molecule has 0 unspecified atom stereocenters. The van der Waals surface area contributed by atoms with Gasteiger partial charge in [-0.2, -0.15) is 0 Å². The molecule has 57 valence electrons. The summed E-state index contributed by atoms with van der Waals surface area (Å²) < 4.78 is 0. The van der Waals surface area contributed by atoms with E-state index in [1.165, 1.54) is 0 Å². The van der Waals surface area contributed by atoms with Gasteiger partial charge in [-0.15, -0.1) is 4.91 Å². The van der Waals surface area contributed by atoms with E-state index in [1.54, 1.807) is 12.4 Å². The Balaban J connectivity index is 2.33. The molecule has 0 bridgehead atoms. The normalized spacial score (nSPS) is 9.45. The minimum atomic E-state index is 0.0227. The van der Waals surface area contributed by atoms with E-state index < -0.39 is 0 Å². The second-order valence-corrected chi connectivity index (χ2v) is 2.01. The quantitative estimate of drug-likeness (QED) is 0.473. The fourth-order valence-electron chi connectivity index (χ4n) is 0.712. The first kappa shape index (κ1) is 7.81. The first-order chi connectivity index (χ1) is 5.43. The third-order valence-electron chi connectivity index (χ3n) is 1.17. The second-order valence-electron chi connectivity index (χ2n) is 2.01. The van der Waals surface area contributed by atoms with E-state index in [1.807, 2.05) is 12.1 Å². The van der Waals surface area contributed by atoms with Gasteiger partial charge in [0, 0.05) is 18.9 Å². The fourth-order valence-corrected chi connectivity index (χ4v) is 0.712. The van der Waals surface area contributed by atoms with Crippen molar-refractivity contribution in [2.24, 2.45) is 5.18 Å². The summed E-state index contributed by atoms with van der Waals surface area (Å²) in [5.74, 6) is 0. The molecule has 0 aliphatic carbocycles. The summed E-state index contributed by atoms with van der Waals surface area (Å²) in [7, 11) is 0. The van der Waals surface area contributed by atoms with Crippen molar-refractivity contribution in [2.75, 3.05) is 6.67 Å². The smallest absolute Gasteiger partial charge is 0.146 e. The van der Waals surface area contributed by atoms with Crippen molar-refractivity contribution in [2.45, 2.75) is 6.54 Å². The Labute approximate surface area is 64.6 Å². The van der Waals surface area contributed by atoms with Crippen LogP contribution in [-0.4, -0.2) is 11.7 Å². The Bertz CT molecular complexity index is 212. The predicted octanol–water partition coefficient (Wildman–Crippen LogP) is 0.910. The maximum Gasteiger partial charge on any atom is 0.146 e. The molecular formula is C7H8N3O. The molecule has 0 N–H and O–H groups in total. The van der Waals surface area contributed by atoms with Crippen LogP contribution in [0.2, 0.25) is 0 Å². The van der Waals surface area contributed by atoms with E-state index in [9.17, 15) is 4.91 Å². The first-order valence-corrected chi connectivity index (χ1v) is 3.25. The van der Waals surface area contributed by atoms with Gasteiger partial charge in [0.05, 0.1) is 0 Å². The average molecular weight is 150 g/mol. The van der Waals surface area contributed by atoms with E-state index in [0.717, 1.165) is 5.56 Å². The van der Waals surface area contributed by atoms with Gasteiger partial charge < -0.3 is 0 Å². The van der Waals surface area contributed by atoms with Crippen molar-refractivity contribution in [1.82, 2.24) is 10.3 Å². The van der Waals surface area contributed by atoms with Gasteiger partial charge in [-0.3, -0.25) is 4.98 Å². The Morgan fingerprint density at radius 3 is 3.09 bits per heavy atom. The maximum absolute atomic E-state index is 9.64. The minimum Gasteiger partial charge on any atom is -0.264 e. The zero-order valence-corrected chi connectivity index (χ0v) is 5.97. The summed E-state index contributed by atoms with van der Waals surface area (Å²) in [5.41, 5.74) is 0.996. The molecule has 0 fully saturated rings. The van der Waals surface area contributed by atoms with Crippen LogP contribution in [0.1, 0.15) is 5.56 Å². The van der Waals surface area contributed by atoms with Crippen LogP contribution in [0.3, 0.4) is 0 Å². The molecule has 0 amide bonds. The summed E-state index contributed by atoms with van der Waals surface area (Å²) in [4.78, 5) is 13.5. The minimum absolute atomic E-state index is 0.0227. The molecule has 1 aromatic rings. The maximum atomic E-state index is 9.64. The Morgan fingerprint density at radius 2 is 2.45 bits per heavy atom. The van der Waals surface area contributed by atoms with Gasteiger partial charge in [-0.05, 0) is 11.6 Å². The number of pyridine rings is 1. The summed E-state index contributed by atoms with van der Waals surface area (Å²) in [5, 5.41) is 6.45. The van der Waals surface area contributed by atoms with Crippen LogP contribution in [0.15, 0.2) is 29.7 Å². The van der Waals surface area contributed by atoms with Crippen molar-refractivity contribution >= 4 is 0 Å². The van der Waals surface area contributed by atoms with E-state index in [-0.39, 0.29) is 6.67 Å². The van der Waals surface area contributed by atoms with Gasteiger partial charge in [-0.25, -0.2) is 5.32 Å². The summed E-state index contributed by atoms with van der Waals surface area (Å²) in [6, 6.07) is 3.74. The van der Waals surface area contributed by atoms with Crippen LogP contribution < -0.4 is 5.32 Å². The molecule has 0 aliphatic rings. The highest BCUT2D eigenvalue weighted by atomic mass is 16.3. The van der Waals surface area contributed by atoms with Gasteiger partial charge in [0.25, 0.3) is 0 Å². The number of hydrogen-bond acceptors (Lipinski definition) is 3. The Hall–Kier alpha value is -1.29. The van der Waals surface area contributed by atoms with Crippen LogP contribution in [0.5, 0.6) is 0 Å².